The van der Waals surface area contributed by atoms with Crippen LogP contribution >= 0.6 is 11.8 Å². The predicted octanol–water partition coefficient (Wildman–Crippen LogP) is 3.20. The summed E-state index contributed by atoms with van der Waals surface area (Å²) in [6.07, 6.45) is 7.51. The molecule has 2 amide bonds. The number of amides is 2. The zero-order valence-corrected chi connectivity index (χ0v) is 14.9. The van der Waals surface area contributed by atoms with Gasteiger partial charge in [0.05, 0.1) is 5.75 Å². The Labute approximate surface area is 148 Å². The highest BCUT2D eigenvalue weighted by atomic mass is 32.2. The molecule has 0 aromatic heterocycles. The van der Waals surface area contributed by atoms with Crippen molar-refractivity contribution in [2.75, 3.05) is 12.3 Å². The van der Waals surface area contributed by atoms with Crippen LogP contribution in [0.1, 0.15) is 54.4 Å². The Morgan fingerprint density at radius 3 is 2.79 bits per heavy atom. The SMILES string of the molecule is NC(=O)c1cccc(CSCC(=O)N2CCC[C@@H]3CCCC[C@@H]32)c1. The number of rotatable bonds is 5. The Hall–Kier alpha value is -1.49. The number of likely N-dealkylation sites (tertiary alicyclic amines) is 1. The molecule has 5 heteroatoms. The molecular formula is C19H26N2O2S. The first-order valence-corrected chi connectivity index (χ1v) is 10.1. The van der Waals surface area contributed by atoms with E-state index in [-0.39, 0.29) is 5.91 Å². The number of hydrogen-bond donors (Lipinski definition) is 1. The fourth-order valence-corrected chi connectivity index (χ4v) is 4.95. The van der Waals surface area contributed by atoms with Crippen molar-refractivity contribution in [2.24, 2.45) is 11.7 Å². The van der Waals surface area contributed by atoms with Crippen LogP contribution in [-0.2, 0) is 10.5 Å². The maximum absolute atomic E-state index is 12.6. The van der Waals surface area contributed by atoms with Gasteiger partial charge in [-0.2, -0.15) is 0 Å². The number of nitrogens with zero attached hydrogens (tertiary/aromatic N) is 1. The molecule has 24 heavy (non-hydrogen) atoms. The lowest BCUT2D eigenvalue weighted by Crippen LogP contribution is -2.50. The van der Waals surface area contributed by atoms with E-state index in [2.05, 4.69) is 4.90 Å². The summed E-state index contributed by atoms with van der Waals surface area (Å²) in [6, 6.07) is 7.84. The molecule has 2 N–H and O–H groups in total. The minimum atomic E-state index is -0.408. The van der Waals surface area contributed by atoms with Crippen LogP contribution in [0.2, 0.25) is 0 Å². The standard InChI is InChI=1S/C19H26N2O2S/c20-19(23)16-7-3-5-14(11-16)12-24-13-18(22)21-10-4-8-15-6-1-2-9-17(15)21/h3,5,7,11,15,17H,1-2,4,6,8-10,12-13H2,(H2,20,23)/t15-,17-/m0/s1. The molecule has 0 spiro atoms. The number of hydrogen-bond acceptors (Lipinski definition) is 3. The van der Waals surface area contributed by atoms with E-state index in [1.165, 1.54) is 32.1 Å². The lowest BCUT2D eigenvalue weighted by molar-refractivity contribution is -0.134. The van der Waals surface area contributed by atoms with Gasteiger partial charge in [0.25, 0.3) is 0 Å². The first-order chi connectivity index (χ1) is 11.6. The quantitative estimate of drug-likeness (QED) is 0.890. The summed E-state index contributed by atoms with van der Waals surface area (Å²) in [4.78, 5) is 26.0. The molecule has 0 unspecified atom stereocenters. The van der Waals surface area contributed by atoms with E-state index in [0.717, 1.165) is 30.2 Å². The van der Waals surface area contributed by atoms with E-state index in [0.29, 0.717) is 17.4 Å². The van der Waals surface area contributed by atoms with Crippen molar-refractivity contribution in [1.82, 2.24) is 4.90 Å². The zero-order valence-electron chi connectivity index (χ0n) is 14.1. The molecule has 2 atom stereocenters. The highest BCUT2D eigenvalue weighted by Gasteiger charge is 2.35. The van der Waals surface area contributed by atoms with Crippen molar-refractivity contribution in [3.05, 3.63) is 35.4 Å². The van der Waals surface area contributed by atoms with Crippen LogP contribution in [0.4, 0.5) is 0 Å². The Balaban J connectivity index is 1.52. The molecule has 4 nitrogen and oxygen atoms in total. The van der Waals surface area contributed by atoms with Gasteiger partial charge in [-0.25, -0.2) is 0 Å². The maximum atomic E-state index is 12.6. The third-order valence-electron chi connectivity index (χ3n) is 5.27. The fraction of sp³-hybridized carbons (Fsp3) is 0.579. The molecule has 1 aromatic carbocycles. The van der Waals surface area contributed by atoms with Crippen molar-refractivity contribution in [3.63, 3.8) is 0 Å². The molecule has 0 radical (unpaired) electrons. The first-order valence-electron chi connectivity index (χ1n) is 8.91. The summed E-state index contributed by atoms with van der Waals surface area (Å²) in [5, 5.41) is 0. The number of nitrogens with two attached hydrogens (primary N) is 1. The van der Waals surface area contributed by atoms with Crippen LogP contribution in [-0.4, -0.2) is 35.1 Å². The van der Waals surface area contributed by atoms with Crippen molar-refractivity contribution in [3.8, 4) is 0 Å². The molecule has 0 bridgehead atoms. The summed E-state index contributed by atoms with van der Waals surface area (Å²) in [7, 11) is 0. The highest BCUT2D eigenvalue weighted by Crippen LogP contribution is 2.35. The minimum Gasteiger partial charge on any atom is -0.366 e. The van der Waals surface area contributed by atoms with Gasteiger partial charge in [0.2, 0.25) is 11.8 Å². The van der Waals surface area contributed by atoms with Crippen LogP contribution in [0, 0.1) is 5.92 Å². The third kappa shape index (κ3) is 4.12. The molecule has 1 heterocycles. The zero-order chi connectivity index (χ0) is 16.9. The summed E-state index contributed by atoms with van der Waals surface area (Å²) in [5.74, 6) is 1.85. The molecule has 130 valence electrons. The second-order valence-electron chi connectivity index (χ2n) is 6.90. The average Bonchev–Trinajstić information content (AvgIpc) is 2.61. The second-order valence-corrected chi connectivity index (χ2v) is 7.88. The van der Waals surface area contributed by atoms with Gasteiger partial charge in [0.1, 0.15) is 0 Å². The Morgan fingerprint density at radius 1 is 1.17 bits per heavy atom. The molecular weight excluding hydrogens is 320 g/mol. The van der Waals surface area contributed by atoms with Crippen LogP contribution in [0.3, 0.4) is 0 Å². The Bertz CT molecular complexity index is 603. The van der Waals surface area contributed by atoms with E-state index in [4.69, 9.17) is 5.73 Å². The van der Waals surface area contributed by atoms with E-state index >= 15 is 0 Å². The van der Waals surface area contributed by atoms with Crippen molar-refractivity contribution >= 4 is 23.6 Å². The molecule has 2 fully saturated rings. The predicted molar refractivity (Wildman–Crippen MR) is 97.8 cm³/mol. The molecule has 2 aliphatic rings. The summed E-state index contributed by atoms with van der Waals surface area (Å²) in [6.45, 7) is 0.928. The van der Waals surface area contributed by atoms with Gasteiger partial charge in [0, 0.05) is 23.9 Å². The number of primary amides is 1. The summed E-state index contributed by atoms with van der Waals surface area (Å²) in [5.41, 5.74) is 6.88. The Kier molecular flexibility index (Phi) is 5.82. The van der Waals surface area contributed by atoms with Crippen LogP contribution in [0.15, 0.2) is 24.3 Å². The molecule has 1 saturated heterocycles. The van der Waals surface area contributed by atoms with Gasteiger partial charge < -0.3 is 10.6 Å². The largest absolute Gasteiger partial charge is 0.366 e. The number of fused-ring (bicyclic) bond motifs is 1. The minimum absolute atomic E-state index is 0.280. The molecule has 1 aliphatic heterocycles. The van der Waals surface area contributed by atoms with Gasteiger partial charge in [-0.3, -0.25) is 9.59 Å². The summed E-state index contributed by atoms with van der Waals surface area (Å²) < 4.78 is 0. The van der Waals surface area contributed by atoms with Crippen molar-refractivity contribution in [2.45, 2.75) is 50.3 Å². The number of thioether (sulfide) groups is 1. The van der Waals surface area contributed by atoms with Crippen molar-refractivity contribution < 1.29 is 9.59 Å². The fourth-order valence-electron chi connectivity index (χ4n) is 4.09. The number of carbonyl (C=O) groups excluding carboxylic acids is 2. The topological polar surface area (TPSA) is 63.4 Å². The molecule has 1 aromatic rings. The maximum Gasteiger partial charge on any atom is 0.248 e. The lowest BCUT2D eigenvalue weighted by atomic mass is 9.78. The third-order valence-corrected chi connectivity index (χ3v) is 6.26. The molecule has 1 aliphatic carbocycles. The van der Waals surface area contributed by atoms with Gasteiger partial charge in [-0.15, -0.1) is 11.8 Å². The van der Waals surface area contributed by atoms with Crippen LogP contribution < -0.4 is 5.73 Å². The summed E-state index contributed by atoms with van der Waals surface area (Å²) >= 11 is 1.62. The monoisotopic (exact) mass is 346 g/mol. The smallest absolute Gasteiger partial charge is 0.248 e. The Morgan fingerprint density at radius 2 is 1.96 bits per heavy atom. The normalized spacial score (nSPS) is 23.6. The molecule has 3 rings (SSSR count). The van der Waals surface area contributed by atoms with Gasteiger partial charge in [-0.1, -0.05) is 25.0 Å². The van der Waals surface area contributed by atoms with Gasteiger partial charge in [0.15, 0.2) is 0 Å². The van der Waals surface area contributed by atoms with Crippen molar-refractivity contribution in [1.29, 1.82) is 0 Å². The first kappa shape index (κ1) is 17.3. The van der Waals surface area contributed by atoms with Crippen LogP contribution in [0.25, 0.3) is 0 Å². The lowest BCUT2D eigenvalue weighted by Gasteiger charge is -2.44. The van der Waals surface area contributed by atoms with E-state index < -0.39 is 5.91 Å². The van der Waals surface area contributed by atoms with Gasteiger partial charge >= 0.3 is 0 Å². The van der Waals surface area contributed by atoms with Crippen LogP contribution in [0.5, 0.6) is 0 Å². The van der Waals surface area contributed by atoms with E-state index in [9.17, 15) is 9.59 Å². The highest BCUT2D eigenvalue weighted by molar-refractivity contribution is 7.99. The number of carbonyl (C=O) groups is 2. The van der Waals surface area contributed by atoms with Gasteiger partial charge in [-0.05, 0) is 49.3 Å². The van der Waals surface area contributed by atoms with E-state index in [1.54, 1.807) is 17.8 Å². The second kappa shape index (κ2) is 8.06. The van der Waals surface area contributed by atoms with E-state index in [1.807, 2.05) is 18.2 Å². The number of piperidine rings is 1. The number of benzene rings is 1. The molecule has 1 saturated carbocycles. The average molecular weight is 346 g/mol.